The summed E-state index contributed by atoms with van der Waals surface area (Å²) >= 11 is 6.64. The number of hydrogen-bond acceptors (Lipinski definition) is 6. The van der Waals surface area contributed by atoms with Gasteiger partial charge in [-0.25, -0.2) is 4.39 Å². The minimum Gasteiger partial charge on any atom is -0.490 e. The van der Waals surface area contributed by atoms with E-state index in [0.29, 0.717) is 34.4 Å². The Hall–Kier alpha value is -3.82. The van der Waals surface area contributed by atoms with E-state index >= 15 is 0 Å². The fraction of sp³-hybridized carbons (Fsp3) is 0.148. The molecule has 1 saturated heterocycles. The molecule has 0 bridgehead atoms. The monoisotopic (exact) mass is 540 g/mol. The summed E-state index contributed by atoms with van der Waals surface area (Å²) in [6.45, 7) is 1.74. The Bertz CT molecular complexity index is 1360. The molecule has 4 rings (SSSR count). The summed E-state index contributed by atoms with van der Waals surface area (Å²) in [5, 5.41) is 2.80. The fourth-order valence-corrected chi connectivity index (χ4v) is 4.42. The molecule has 190 valence electrons. The predicted octanol–water partition coefficient (Wildman–Crippen LogP) is 6.13. The van der Waals surface area contributed by atoms with E-state index in [0.717, 1.165) is 16.7 Å². The van der Waals surface area contributed by atoms with Crippen LogP contribution in [0.25, 0.3) is 6.08 Å². The van der Waals surface area contributed by atoms with Gasteiger partial charge in [0.05, 0.1) is 18.1 Å². The standard InChI is InChI=1S/C27H22ClFN2O5S/c1-2-35-23-13-17(7-12-22(23)36-16-25(32)30-20-10-8-19(28)9-11-20)14-24-26(33)31(27(34)37-24)15-18-5-3-4-6-21(18)29/h3-14H,2,15-16H2,1H3,(H,30,32)/b24-14-. The number of amides is 3. The van der Waals surface area contributed by atoms with Gasteiger partial charge >= 0.3 is 0 Å². The lowest BCUT2D eigenvalue weighted by Gasteiger charge is -2.13. The van der Waals surface area contributed by atoms with Gasteiger partial charge < -0.3 is 14.8 Å². The molecule has 0 saturated carbocycles. The third kappa shape index (κ3) is 6.69. The van der Waals surface area contributed by atoms with Crippen LogP contribution in [0.2, 0.25) is 5.02 Å². The van der Waals surface area contributed by atoms with Crippen molar-refractivity contribution in [1.29, 1.82) is 0 Å². The van der Waals surface area contributed by atoms with E-state index in [4.69, 9.17) is 21.1 Å². The summed E-state index contributed by atoms with van der Waals surface area (Å²) in [5.74, 6) is -0.629. The molecule has 10 heteroatoms. The Kier molecular flexibility index (Phi) is 8.47. The molecule has 1 heterocycles. The third-order valence-corrected chi connectivity index (χ3v) is 6.37. The Morgan fingerprint density at radius 2 is 1.81 bits per heavy atom. The second-order valence-corrected chi connectivity index (χ2v) is 9.27. The van der Waals surface area contributed by atoms with Crippen LogP contribution in [0.3, 0.4) is 0 Å². The van der Waals surface area contributed by atoms with Crippen LogP contribution in [0, 0.1) is 5.82 Å². The molecule has 1 fully saturated rings. The Labute approximate surface area is 222 Å². The molecule has 0 aliphatic carbocycles. The number of imide groups is 1. The lowest BCUT2D eigenvalue weighted by molar-refractivity contribution is -0.123. The zero-order valence-corrected chi connectivity index (χ0v) is 21.3. The van der Waals surface area contributed by atoms with Gasteiger partial charge in [0.2, 0.25) is 0 Å². The molecule has 0 unspecified atom stereocenters. The van der Waals surface area contributed by atoms with Crippen LogP contribution in [0.4, 0.5) is 14.9 Å². The van der Waals surface area contributed by atoms with Crippen molar-refractivity contribution in [3.63, 3.8) is 0 Å². The number of carbonyl (C=O) groups excluding carboxylic acids is 3. The van der Waals surface area contributed by atoms with Crippen LogP contribution in [0.15, 0.2) is 71.6 Å². The lowest BCUT2D eigenvalue weighted by Crippen LogP contribution is -2.27. The van der Waals surface area contributed by atoms with E-state index in [1.807, 2.05) is 0 Å². The van der Waals surface area contributed by atoms with Crippen LogP contribution < -0.4 is 14.8 Å². The number of hydrogen-bond donors (Lipinski definition) is 1. The molecule has 7 nitrogen and oxygen atoms in total. The molecule has 3 amide bonds. The van der Waals surface area contributed by atoms with Crippen molar-refractivity contribution >= 4 is 52.2 Å². The van der Waals surface area contributed by atoms with E-state index in [2.05, 4.69) is 5.32 Å². The van der Waals surface area contributed by atoms with E-state index in [-0.39, 0.29) is 29.5 Å². The van der Waals surface area contributed by atoms with Gasteiger partial charge in [-0.15, -0.1) is 0 Å². The van der Waals surface area contributed by atoms with Crippen LogP contribution in [-0.4, -0.2) is 35.2 Å². The number of carbonyl (C=O) groups is 3. The molecular weight excluding hydrogens is 519 g/mol. The van der Waals surface area contributed by atoms with Gasteiger partial charge in [-0.05, 0) is 72.8 Å². The SMILES string of the molecule is CCOc1cc(/C=C2\SC(=O)N(Cc3ccccc3F)C2=O)ccc1OCC(=O)Nc1ccc(Cl)cc1. The topological polar surface area (TPSA) is 84.9 Å². The summed E-state index contributed by atoms with van der Waals surface area (Å²) in [6, 6.07) is 17.6. The summed E-state index contributed by atoms with van der Waals surface area (Å²) < 4.78 is 25.3. The normalized spacial score (nSPS) is 14.2. The number of ether oxygens (including phenoxy) is 2. The number of anilines is 1. The highest BCUT2D eigenvalue weighted by molar-refractivity contribution is 8.18. The first-order valence-corrected chi connectivity index (χ1v) is 12.5. The number of nitrogens with zero attached hydrogens (tertiary/aromatic N) is 1. The van der Waals surface area contributed by atoms with Crippen LogP contribution in [-0.2, 0) is 16.1 Å². The largest absolute Gasteiger partial charge is 0.490 e. The van der Waals surface area contributed by atoms with Gasteiger partial charge in [0, 0.05) is 16.3 Å². The van der Waals surface area contributed by atoms with Gasteiger partial charge in [-0.2, -0.15) is 0 Å². The van der Waals surface area contributed by atoms with Gasteiger partial charge in [-0.1, -0.05) is 35.9 Å². The molecule has 0 atom stereocenters. The maximum Gasteiger partial charge on any atom is 0.293 e. The first kappa shape index (κ1) is 26.2. The van der Waals surface area contributed by atoms with E-state index in [9.17, 15) is 18.8 Å². The van der Waals surface area contributed by atoms with Crippen LogP contribution in [0.1, 0.15) is 18.1 Å². The third-order valence-electron chi connectivity index (χ3n) is 5.21. The quantitative estimate of drug-likeness (QED) is 0.329. The van der Waals surface area contributed by atoms with Gasteiger partial charge in [-0.3, -0.25) is 19.3 Å². The average Bonchev–Trinajstić information content (AvgIpc) is 3.13. The van der Waals surface area contributed by atoms with Crippen molar-refractivity contribution in [2.75, 3.05) is 18.5 Å². The highest BCUT2D eigenvalue weighted by atomic mass is 35.5. The Balaban J connectivity index is 1.44. The van der Waals surface area contributed by atoms with Gasteiger partial charge in [0.15, 0.2) is 18.1 Å². The number of benzene rings is 3. The average molecular weight is 541 g/mol. The lowest BCUT2D eigenvalue weighted by atomic mass is 10.1. The first-order chi connectivity index (χ1) is 17.8. The van der Waals surface area contributed by atoms with Crippen LogP contribution in [0.5, 0.6) is 11.5 Å². The zero-order chi connectivity index (χ0) is 26.4. The minimum absolute atomic E-state index is 0.149. The maximum absolute atomic E-state index is 14.0. The Morgan fingerprint density at radius 1 is 1.05 bits per heavy atom. The highest BCUT2D eigenvalue weighted by Gasteiger charge is 2.35. The molecule has 0 radical (unpaired) electrons. The zero-order valence-electron chi connectivity index (χ0n) is 19.7. The number of rotatable bonds is 9. The van der Waals surface area contributed by atoms with E-state index in [1.165, 1.54) is 12.1 Å². The minimum atomic E-state index is -0.504. The molecule has 3 aromatic carbocycles. The van der Waals surface area contributed by atoms with Gasteiger partial charge in [0.25, 0.3) is 17.1 Å². The Morgan fingerprint density at radius 3 is 2.54 bits per heavy atom. The van der Waals surface area contributed by atoms with Crippen molar-refractivity contribution in [3.8, 4) is 11.5 Å². The molecule has 0 aromatic heterocycles. The molecule has 1 aliphatic heterocycles. The van der Waals surface area contributed by atoms with E-state index < -0.39 is 17.0 Å². The summed E-state index contributed by atoms with van der Waals surface area (Å²) in [4.78, 5) is 38.8. The maximum atomic E-state index is 14.0. The highest BCUT2D eigenvalue weighted by Crippen LogP contribution is 2.35. The fourth-order valence-electron chi connectivity index (χ4n) is 3.46. The van der Waals surface area contributed by atoms with E-state index in [1.54, 1.807) is 67.6 Å². The summed E-state index contributed by atoms with van der Waals surface area (Å²) in [7, 11) is 0. The second kappa shape index (κ2) is 11.9. The summed E-state index contributed by atoms with van der Waals surface area (Å²) in [6.07, 6.45) is 1.56. The van der Waals surface area contributed by atoms with Crippen LogP contribution >= 0.6 is 23.4 Å². The molecule has 0 spiro atoms. The number of thioether (sulfide) groups is 1. The van der Waals surface area contributed by atoms with Crippen molar-refractivity contribution in [2.45, 2.75) is 13.5 Å². The second-order valence-electron chi connectivity index (χ2n) is 7.84. The smallest absolute Gasteiger partial charge is 0.293 e. The molecule has 37 heavy (non-hydrogen) atoms. The van der Waals surface area contributed by atoms with Crippen molar-refractivity contribution in [2.24, 2.45) is 0 Å². The van der Waals surface area contributed by atoms with Crippen molar-refractivity contribution in [1.82, 2.24) is 4.90 Å². The van der Waals surface area contributed by atoms with Crippen molar-refractivity contribution < 1.29 is 28.2 Å². The predicted molar refractivity (Wildman–Crippen MR) is 141 cm³/mol. The molecule has 3 aromatic rings. The number of nitrogens with one attached hydrogen (secondary N) is 1. The first-order valence-electron chi connectivity index (χ1n) is 11.3. The molecule has 1 aliphatic rings. The van der Waals surface area contributed by atoms with Crippen molar-refractivity contribution in [3.05, 3.63) is 93.6 Å². The molecule has 1 N–H and O–H groups in total. The summed E-state index contributed by atoms with van der Waals surface area (Å²) in [5.41, 5.74) is 1.44. The number of halogens is 2. The molecular formula is C27H22ClFN2O5S. The van der Waals surface area contributed by atoms with Gasteiger partial charge in [0.1, 0.15) is 5.82 Å².